The van der Waals surface area contributed by atoms with Gasteiger partial charge in [0.15, 0.2) is 5.82 Å². The topological polar surface area (TPSA) is 97.9 Å². The minimum atomic E-state index is -4.40. The second-order valence-corrected chi connectivity index (χ2v) is 6.71. The molecule has 152 valence electrons. The van der Waals surface area contributed by atoms with Gasteiger partial charge in [-0.15, -0.1) is 10.2 Å². The van der Waals surface area contributed by atoms with E-state index in [0.29, 0.717) is 35.7 Å². The van der Waals surface area contributed by atoms with Crippen LogP contribution in [0.3, 0.4) is 0 Å². The number of hydrogen-bond donors (Lipinski definition) is 2. The number of carbonyl (C=O) groups is 1. The maximum absolute atomic E-state index is 12.8. The van der Waals surface area contributed by atoms with Crippen LogP contribution in [-0.4, -0.2) is 32.4 Å². The average Bonchev–Trinajstić information content (AvgIpc) is 3.35. The first-order chi connectivity index (χ1) is 13.7. The number of aromatic nitrogens is 4. The van der Waals surface area contributed by atoms with Crippen LogP contribution in [0.25, 0.3) is 11.5 Å². The van der Waals surface area contributed by atoms with Gasteiger partial charge in [-0.05, 0) is 37.6 Å². The Bertz CT molecular complexity index is 1050. The molecule has 29 heavy (non-hydrogen) atoms. The van der Waals surface area contributed by atoms with Crippen LogP contribution >= 0.6 is 0 Å². The van der Waals surface area contributed by atoms with Crippen LogP contribution in [0.1, 0.15) is 29.5 Å². The van der Waals surface area contributed by atoms with Crippen molar-refractivity contribution in [3.8, 4) is 11.5 Å². The highest BCUT2D eigenvalue weighted by atomic mass is 19.4. The van der Waals surface area contributed by atoms with E-state index in [1.54, 1.807) is 18.7 Å². The lowest BCUT2D eigenvalue weighted by Crippen LogP contribution is -2.18. The summed E-state index contributed by atoms with van der Waals surface area (Å²) in [6.07, 6.45) is -3.83. The third-order valence-electron chi connectivity index (χ3n) is 4.81. The van der Waals surface area contributed by atoms with Crippen molar-refractivity contribution in [2.24, 2.45) is 7.05 Å². The van der Waals surface area contributed by atoms with Crippen LogP contribution in [0.2, 0.25) is 0 Å². The van der Waals surface area contributed by atoms with E-state index in [2.05, 4.69) is 25.9 Å². The number of anilines is 2. The molecular formula is C18H17F3N6O2. The molecule has 0 spiro atoms. The fraction of sp³-hybridized carbons (Fsp3) is 0.333. The van der Waals surface area contributed by atoms with E-state index in [4.69, 9.17) is 4.42 Å². The molecule has 1 saturated heterocycles. The summed E-state index contributed by atoms with van der Waals surface area (Å²) in [5.41, 5.74) is 0.916. The molecule has 1 amide bonds. The smallest absolute Gasteiger partial charge is 0.416 e. The summed E-state index contributed by atoms with van der Waals surface area (Å²) in [6, 6.07) is 4.61. The summed E-state index contributed by atoms with van der Waals surface area (Å²) in [7, 11) is 1.72. The minimum Gasteiger partial charge on any atom is -0.420 e. The number of benzene rings is 1. The van der Waals surface area contributed by atoms with Crippen molar-refractivity contribution in [1.82, 2.24) is 25.3 Å². The zero-order chi connectivity index (χ0) is 20.8. The molecule has 0 unspecified atom stereocenters. The Balaban J connectivity index is 1.64. The molecule has 8 nitrogen and oxygen atoms in total. The lowest BCUT2D eigenvalue weighted by molar-refractivity contribution is -0.137. The van der Waals surface area contributed by atoms with Gasteiger partial charge in [0, 0.05) is 25.0 Å². The summed E-state index contributed by atoms with van der Waals surface area (Å²) in [6.45, 7) is 2.35. The summed E-state index contributed by atoms with van der Waals surface area (Å²) in [5.74, 6) is 0.111. The van der Waals surface area contributed by atoms with Gasteiger partial charge >= 0.3 is 6.18 Å². The van der Waals surface area contributed by atoms with Gasteiger partial charge in [0.2, 0.25) is 11.8 Å². The average molecular weight is 406 g/mol. The fourth-order valence-electron chi connectivity index (χ4n) is 3.14. The van der Waals surface area contributed by atoms with Crippen molar-refractivity contribution in [3.63, 3.8) is 0 Å². The summed E-state index contributed by atoms with van der Waals surface area (Å²) in [4.78, 5) is 11.8. The standard InChI is InChI=1S/C18H17F3N6O2/c1-9-13(17-25-24-16(29-17)12-7-8-22-15(12)28)14(26-27(9)2)23-11-5-3-10(4-6-11)18(19,20)21/h3-6,12H,7-8H2,1-2H3,(H,22,28)(H,23,26)/t12-/m0/s1. The maximum Gasteiger partial charge on any atom is 0.416 e. The van der Waals surface area contributed by atoms with Gasteiger partial charge < -0.3 is 15.1 Å². The zero-order valence-electron chi connectivity index (χ0n) is 15.5. The van der Waals surface area contributed by atoms with E-state index in [1.165, 1.54) is 12.1 Å². The first-order valence-electron chi connectivity index (χ1n) is 8.83. The quantitative estimate of drug-likeness (QED) is 0.691. The van der Waals surface area contributed by atoms with Crippen LogP contribution in [-0.2, 0) is 18.0 Å². The van der Waals surface area contributed by atoms with E-state index < -0.39 is 17.7 Å². The Morgan fingerprint density at radius 2 is 1.97 bits per heavy atom. The van der Waals surface area contributed by atoms with Gasteiger partial charge in [-0.2, -0.15) is 18.3 Å². The normalized spacial score (nSPS) is 16.9. The van der Waals surface area contributed by atoms with Crippen LogP contribution in [0.5, 0.6) is 0 Å². The van der Waals surface area contributed by atoms with Gasteiger partial charge in [-0.3, -0.25) is 9.48 Å². The van der Waals surface area contributed by atoms with Crippen molar-refractivity contribution in [2.45, 2.75) is 25.4 Å². The molecule has 2 aromatic heterocycles. The number of aryl methyl sites for hydroxylation is 1. The predicted molar refractivity (Wildman–Crippen MR) is 96.3 cm³/mol. The van der Waals surface area contributed by atoms with Crippen LogP contribution in [0, 0.1) is 6.92 Å². The molecule has 0 radical (unpaired) electrons. The molecule has 1 aliphatic rings. The Kier molecular flexibility index (Phi) is 4.52. The number of halogens is 3. The SMILES string of the molecule is Cc1c(-c2nnc([C@H]3CCNC3=O)o2)c(Nc2ccc(C(F)(F)F)cc2)nn1C. The Morgan fingerprint density at radius 1 is 1.24 bits per heavy atom. The van der Waals surface area contributed by atoms with Gasteiger partial charge in [0.25, 0.3) is 5.89 Å². The second kappa shape index (κ2) is 6.90. The summed E-state index contributed by atoms with van der Waals surface area (Å²) < 4.78 is 45.6. The highest BCUT2D eigenvalue weighted by molar-refractivity contribution is 5.84. The van der Waals surface area contributed by atoms with Crippen molar-refractivity contribution in [3.05, 3.63) is 41.4 Å². The molecule has 3 aromatic rings. The Morgan fingerprint density at radius 3 is 2.59 bits per heavy atom. The zero-order valence-corrected chi connectivity index (χ0v) is 15.5. The molecule has 11 heteroatoms. The summed E-state index contributed by atoms with van der Waals surface area (Å²) in [5, 5.41) is 18.1. The third kappa shape index (κ3) is 3.55. The lowest BCUT2D eigenvalue weighted by atomic mass is 10.1. The van der Waals surface area contributed by atoms with Crippen molar-refractivity contribution >= 4 is 17.4 Å². The molecule has 1 aromatic carbocycles. The van der Waals surface area contributed by atoms with E-state index in [1.807, 2.05) is 0 Å². The van der Waals surface area contributed by atoms with Gasteiger partial charge in [0.1, 0.15) is 11.5 Å². The minimum absolute atomic E-state index is 0.161. The van der Waals surface area contributed by atoms with Crippen molar-refractivity contribution in [1.29, 1.82) is 0 Å². The number of carbonyl (C=O) groups excluding carboxylic acids is 1. The lowest BCUT2D eigenvalue weighted by Gasteiger charge is -2.08. The van der Waals surface area contributed by atoms with Gasteiger partial charge in [-0.1, -0.05) is 0 Å². The molecule has 0 saturated carbocycles. The number of nitrogens with zero attached hydrogens (tertiary/aromatic N) is 4. The molecule has 0 aliphatic carbocycles. The molecular weight excluding hydrogens is 389 g/mol. The monoisotopic (exact) mass is 406 g/mol. The number of hydrogen-bond acceptors (Lipinski definition) is 6. The number of rotatable bonds is 4. The van der Waals surface area contributed by atoms with Crippen LogP contribution in [0.15, 0.2) is 28.7 Å². The van der Waals surface area contributed by atoms with Gasteiger partial charge in [0.05, 0.1) is 5.56 Å². The molecule has 1 fully saturated rings. The molecule has 2 N–H and O–H groups in total. The number of alkyl halides is 3. The third-order valence-corrected chi connectivity index (χ3v) is 4.81. The second-order valence-electron chi connectivity index (χ2n) is 6.71. The maximum atomic E-state index is 12.8. The predicted octanol–water partition coefficient (Wildman–Crippen LogP) is 3.14. The van der Waals surface area contributed by atoms with Crippen molar-refractivity contribution < 1.29 is 22.4 Å². The number of amides is 1. The largest absolute Gasteiger partial charge is 0.420 e. The Hall–Kier alpha value is -3.37. The molecule has 3 heterocycles. The van der Waals surface area contributed by atoms with E-state index in [9.17, 15) is 18.0 Å². The molecule has 1 atom stereocenters. The first-order valence-corrected chi connectivity index (χ1v) is 8.83. The van der Waals surface area contributed by atoms with Gasteiger partial charge in [-0.25, -0.2) is 0 Å². The molecule has 1 aliphatic heterocycles. The van der Waals surface area contributed by atoms with Crippen molar-refractivity contribution in [2.75, 3.05) is 11.9 Å². The molecule has 4 rings (SSSR count). The van der Waals surface area contributed by atoms with E-state index >= 15 is 0 Å². The Labute approximate surface area is 163 Å². The number of nitrogens with one attached hydrogen (secondary N) is 2. The van der Waals surface area contributed by atoms with E-state index in [0.717, 1.165) is 12.1 Å². The van der Waals surface area contributed by atoms with Crippen LogP contribution in [0.4, 0.5) is 24.7 Å². The first kappa shape index (κ1) is 19.0. The highest BCUT2D eigenvalue weighted by Gasteiger charge is 2.32. The molecule has 0 bridgehead atoms. The summed E-state index contributed by atoms with van der Waals surface area (Å²) >= 11 is 0. The van der Waals surface area contributed by atoms with Crippen LogP contribution < -0.4 is 10.6 Å². The fourth-order valence-corrected chi connectivity index (χ4v) is 3.14. The highest BCUT2D eigenvalue weighted by Crippen LogP contribution is 2.35. The van der Waals surface area contributed by atoms with E-state index in [-0.39, 0.29) is 17.7 Å².